The van der Waals surface area contributed by atoms with E-state index in [2.05, 4.69) is 20.9 Å². The molecule has 19 heavy (non-hydrogen) atoms. The number of nitrogens with zero attached hydrogens (tertiary/aromatic N) is 2. The van der Waals surface area contributed by atoms with Gasteiger partial charge in [0.05, 0.1) is 0 Å². The molecule has 0 aromatic heterocycles. The van der Waals surface area contributed by atoms with E-state index >= 15 is 0 Å². The van der Waals surface area contributed by atoms with Gasteiger partial charge in [-0.25, -0.2) is 0 Å². The highest BCUT2D eigenvalue weighted by Crippen LogP contribution is 2.14. The highest BCUT2D eigenvalue weighted by Gasteiger charge is 2.20. The maximum atomic E-state index is 12.6. The molecule has 1 amide bonds. The Labute approximate surface area is 122 Å². The van der Waals surface area contributed by atoms with Gasteiger partial charge in [-0.3, -0.25) is 14.7 Å². The van der Waals surface area contributed by atoms with Crippen molar-refractivity contribution in [2.75, 3.05) is 18.4 Å². The van der Waals surface area contributed by atoms with Crippen LogP contribution in [0.1, 0.15) is 36.0 Å². The molecule has 0 saturated heterocycles. The number of aliphatic imine (C=N–C) groups is 1. The first-order valence-electron chi connectivity index (χ1n) is 6.79. The van der Waals surface area contributed by atoms with Crippen molar-refractivity contribution in [1.82, 2.24) is 4.90 Å². The lowest BCUT2D eigenvalue weighted by molar-refractivity contribution is 0.0851. The first kappa shape index (κ1) is 14.3. The zero-order valence-electron chi connectivity index (χ0n) is 11.0. The van der Waals surface area contributed by atoms with Crippen LogP contribution in [0, 0.1) is 0 Å². The van der Waals surface area contributed by atoms with Crippen LogP contribution in [0.15, 0.2) is 35.3 Å². The third-order valence-electron chi connectivity index (χ3n) is 3.24. The van der Waals surface area contributed by atoms with Crippen molar-refractivity contribution < 1.29 is 4.79 Å². The Hall–Kier alpha value is -1.16. The number of amides is 1. The zero-order valence-corrected chi connectivity index (χ0v) is 12.6. The topological polar surface area (TPSA) is 32.7 Å². The first-order chi connectivity index (χ1) is 9.33. The van der Waals surface area contributed by atoms with Gasteiger partial charge in [0.1, 0.15) is 5.84 Å². The Kier molecular flexibility index (Phi) is 5.58. The monoisotopic (exact) mass is 322 g/mol. The standard InChI is InChI=1S/C15H19BrN2O/c16-10-12-18(14-9-5-2-6-11-17-14)15(19)13-7-3-1-4-8-13/h1,3-4,7-8H,2,5-6,9-12H2. The molecule has 4 heteroatoms. The number of hydrogen-bond acceptors (Lipinski definition) is 2. The van der Waals surface area contributed by atoms with Crippen molar-refractivity contribution >= 4 is 27.7 Å². The zero-order chi connectivity index (χ0) is 13.5. The lowest BCUT2D eigenvalue weighted by Gasteiger charge is -2.23. The predicted molar refractivity (Wildman–Crippen MR) is 82.0 cm³/mol. The third-order valence-corrected chi connectivity index (χ3v) is 3.59. The second kappa shape index (κ2) is 7.43. The predicted octanol–water partition coefficient (Wildman–Crippen LogP) is 3.50. The van der Waals surface area contributed by atoms with Crippen LogP contribution in [0.5, 0.6) is 0 Å². The molecule has 1 aromatic rings. The van der Waals surface area contributed by atoms with E-state index in [4.69, 9.17) is 0 Å². The highest BCUT2D eigenvalue weighted by atomic mass is 79.9. The van der Waals surface area contributed by atoms with E-state index in [-0.39, 0.29) is 5.91 Å². The number of alkyl halides is 1. The van der Waals surface area contributed by atoms with Crippen LogP contribution in [0.4, 0.5) is 0 Å². The van der Waals surface area contributed by atoms with Crippen molar-refractivity contribution in [2.45, 2.75) is 25.7 Å². The van der Waals surface area contributed by atoms with Crippen LogP contribution >= 0.6 is 15.9 Å². The summed E-state index contributed by atoms with van der Waals surface area (Å²) in [7, 11) is 0. The number of carbonyl (C=O) groups is 1. The molecule has 1 aliphatic rings. The molecule has 2 rings (SSSR count). The van der Waals surface area contributed by atoms with E-state index in [0.29, 0.717) is 6.54 Å². The van der Waals surface area contributed by atoms with Gasteiger partial charge in [-0.2, -0.15) is 0 Å². The second-order valence-corrected chi connectivity index (χ2v) is 5.41. The van der Waals surface area contributed by atoms with Crippen molar-refractivity contribution in [3.05, 3.63) is 35.9 Å². The average molecular weight is 323 g/mol. The summed E-state index contributed by atoms with van der Waals surface area (Å²) in [6.07, 6.45) is 4.37. The summed E-state index contributed by atoms with van der Waals surface area (Å²) in [4.78, 5) is 19.0. The summed E-state index contributed by atoms with van der Waals surface area (Å²) < 4.78 is 0. The number of benzene rings is 1. The van der Waals surface area contributed by atoms with Gasteiger partial charge in [-0.15, -0.1) is 0 Å². The van der Waals surface area contributed by atoms with Crippen LogP contribution in [-0.2, 0) is 0 Å². The molecule has 0 radical (unpaired) electrons. The molecule has 0 bridgehead atoms. The SMILES string of the molecule is O=C(c1ccccc1)N(CCBr)C1=NCCCCC1. The minimum atomic E-state index is 0.0562. The maximum absolute atomic E-state index is 12.6. The van der Waals surface area contributed by atoms with E-state index in [0.717, 1.165) is 42.5 Å². The van der Waals surface area contributed by atoms with Gasteiger partial charge < -0.3 is 0 Å². The van der Waals surface area contributed by atoms with Crippen molar-refractivity contribution in [1.29, 1.82) is 0 Å². The van der Waals surface area contributed by atoms with Gasteiger partial charge in [-0.1, -0.05) is 40.5 Å². The number of hydrogen-bond donors (Lipinski definition) is 0. The normalized spacial score (nSPS) is 15.5. The minimum absolute atomic E-state index is 0.0562. The Balaban J connectivity index is 2.19. The molecule has 1 aliphatic heterocycles. The highest BCUT2D eigenvalue weighted by molar-refractivity contribution is 9.09. The summed E-state index contributed by atoms with van der Waals surface area (Å²) in [5, 5.41) is 0.768. The van der Waals surface area contributed by atoms with Gasteiger partial charge in [0.25, 0.3) is 5.91 Å². The van der Waals surface area contributed by atoms with Gasteiger partial charge in [0.2, 0.25) is 0 Å². The average Bonchev–Trinajstić information content (AvgIpc) is 2.74. The molecule has 1 aromatic carbocycles. The molecule has 0 spiro atoms. The molecule has 0 fully saturated rings. The summed E-state index contributed by atoms with van der Waals surface area (Å²) >= 11 is 3.43. The number of carbonyl (C=O) groups excluding carboxylic acids is 1. The molecule has 0 saturated carbocycles. The number of amidine groups is 1. The van der Waals surface area contributed by atoms with E-state index in [1.54, 1.807) is 0 Å². The van der Waals surface area contributed by atoms with Crippen LogP contribution in [0.25, 0.3) is 0 Å². The lowest BCUT2D eigenvalue weighted by Crippen LogP contribution is -2.38. The van der Waals surface area contributed by atoms with E-state index in [9.17, 15) is 4.79 Å². The van der Waals surface area contributed by atoms with Gasteiger partial charge in [-0.05, 0) is 25.0 Å². The van der Waals surface area contributed by atoms with Crippen molar-refractivity contribution in [3.8, 4) is 0 Å². The molecule has 0 atom stereocenters. The van der Waals surface area contributed by atoms with Crippen molar-refractivity contribution in [3.63, 3.8) is 0 Å². The van der Waals surface area contributed by atoms with Crippen molar-refractivity contribution in [2.24, 2.45) is 4.99 Å². The van der Waals surface area contributed by atoms with E-state index in [1.807, 2.05) is 35.2 Å². The maximum Gasteiger partial charge on any atom is 0.259 e. The smallest absolute Gasteiger partial charge is 0.259 e. The Bertz CT molecular complexity index is 445. The van der Waals surface area contributed by atoms with Gasteiger partial charge in [0.15, 0.2) is 0 Å². The molecule has 102 valence electrons. The second-order valence-electron chi connectivity index (χ2n) is 4.62. The van der Waals surface area contributed by atoms with E-state index in [1.165, 1.54) is 6.42 Å². The van der Waals surface area contributed by atoms with E-state index < -0.39 is 0 Å². The first-order valence-corrected chi connectivity index (χ1v) is 7.91. The van der Waals surface area contributed by atoms with Crippen LogP contribution in [0.3, 0.4) is 0 Å². The molecule has 3 nitrogen and oxygen atoms in total. The fourth-order valence-electron chi connectivity index (χ4n) is 2.25. The molecule has 0 N–H and O–H groups in total. The molecule has 1 heterocycles. The Morgan fingerprint density at radius 2 is 2.00 bits per heavy atom. The molecular weight excluding hydrogens is 304 g/mol. The third kappa shape index (κ3) is 3.90. The summed E-state index contributed by atoms with van der Waals surface area (Å²) in [6.45, 7) is 1.52. The summed E-state index contributed by atoms with van der Waals surface area (Å²) in [6, 6.07) is 9.44. The van der Waals surface area contributed by atoms with Crippen LogP contribution in [-0.4, -0.2) is 35.1 Å². The largest absolute Gasteiger partial charge is 0.296 e. The van der Waals surface area contributed by atoms with Gasteiger partial charge >= 0.3 is 0 Å². The Morgan fingerprint density at radius 1 is 1.21 bits per heavy atom. The number of rotatable bonds is 3. The Morgan fingerprint density at radius 3 is 2.74 bits per heavy atom. The van der Waals surface area contributed by atoms with Gasteiger partial charge in [0, 0.05) is 30.4 Å². The molecular formula is C15H19BrN2O. The fraction of sp³-hybridized carbons (Fsp3) is 0.467. The summed E-state index contributed by atoms with van der Waals surface area (Å²) in [5.41, 5.74) is 0.732. The minimum Gasteiger partial charge on any atom is -0.296 e. The molecule has 0 aliphatic carbocycles. The quantitative estimate of drug-likeness (QED) is 0.784. The fourth-order valence-corrected chi connectivity index (χ4v) is 2.60. The van der Waals surface area contributed by atoms with Crippen LogP contribution in [0.2, 0.25) is 0 Å². The van der Waals surface area contributed by atoms with Crippen LogP contribution < -0.4 is 0 Å². The summed E-state index contributed by atoms with van der Waals surface area (Å²) in [5.74, 6) is 1.01. The number of halogens is 1. The lowest BCUT2D eigenvalue weighted by atomic mass is 10.1. The molecule has 0 unspecified atom stereocenters.